The lowest BCUT2D eigenvalue weighted by molar-refractivity contribution is -0.142. The largest absolute Gasteiger partial charge is 0.466 e. The molecule has 0 radical (unpaired) electrons. The number of nitrogens with zero attached hydrogens (tertiary/aromatic N) is 1. The number of anilines is 1. The van der Waals surface area contributed by atoms with Crippen LogP contribution in [0.15, 0.2) is 34.0 Å². The van der Waals surface area contributed by atoms with E-state index >= 15 is 0 Å². The number of esters is 1. The van der Waals surface area contributed by atoms with Crippen molar-refractivity contribution in [2.75, 3.05) is 11.9 Å². The van der Waals surface area contributed by atoms with E-state index in [1.807, 2.05) is 36.6 Å². The zero-order chi connectivity index (χ0) is 18.2. The van der Waals surface area contributed by atoms with Crippen LogP contribution < -0.4 is 5.32 Å². The van der Waals surface area contributed by atoms with Crippen LogP contribution in [0.2, 0.25) is 0 Å². The fraction of sp³-hybridized carbons (Fsp3) is 0.389. The van der Waals surface area contributed by atoms with Crippen LogP contribution in [-0.2, 0) is 27.2 Å². The summed E-state index contributed by atoms with van der Waals surface area (Å²) in [5.74, 6) is -0.359. The van der Waals surface area contributed by atoms with E-state index in [0.717, 1.165) is 16.4 Å². The van der Waals surface area contributed by atoms with Gasteiger partial charge in [-0.2, -0.15) is 0 Å². The molecule has 0 aliphatic heterocycles. The van der Waals surface area contributed by atoms with Gasteiger partial charge in [0.05, 0.1) is 24.0 Å². The summed E-state index contributed by atoms with van der Waals surface area (Å²) in [4.78, 5) is 28.2. The molecular weight excluding hydrogens is 356 g/mol. The summed E-state index contributed by atoms with van der Waals surface area (Å²) in [5.41, 5.74) is 2.70. The van der Waals surface area contributed by atoms with Crippen molar-refractivity contribution in [3.05, 3.63) is 40.9 Å². The lowest BCUT2D eigenvalue weighted by Gasteiger charge is -2.10. The third kappa shape index (κ3) is 6.17. The van der Waals surface area contributed by atoms with E-state index in [1.54, 1.807) is 6.92 Å². The maximum Gasteiger partial charge on any atom is 0.311 e. The van der Waals surface area contributed by atoms with Crippen LogP contribution >= 0.6 is 23.1 Å². The number of hydrogen-bond acceptors (Lipinski definition) is 6. The van der Waals surface area contributed by atoms with E-state index in [1.165, 1.54) is 28.7 Å². The molecule has 1 atom stereocenters. The first-order valence-corrected chi connectivity index (χ1v) is 9.94. The summed E-state index contributed by atoms with van der Waals surface area (Å²) in [5, 5.41) is 4.45. The Labute approximate surface area is 156 Å². The van der Waals surface area contributed by atoms with Crippen molar-refractivity contribution < 1.29 is 14.3 Å². The molecule has 0 aliphatic carbocycles. The number of ether oxygens (including phenoxy) is 1. The van der Waals surface area contributed by atoms with Gasteiger partial charge < -0.3 is 10.1 Å². The second-order valence-corrected chi connectivity index (χ2v) is 7.83. The number of amides is 1. The zero-order valence-electron chi connectivity index (χ0n) is 14.6. The van der Waals surface area contributed by atoms with E-state index in [2.05, 4.69) is 17.2 Å². The minimum atomic E-state index is -0.286. The highest BCUT2D eigenvalue weighted by atomic mass is 32.2. The van der Waals surface area contributed by atoms with Crippen molar-refractivity contribution in [2.45, 2.75) is 43.2 Å². The van der Waals surface area contributed by atoms with Gasteiger partial charge in [-0.15, -0.1) is 11.3 Å². The summed E-state index contributed by atoms with van der Waals surface area (Å²) < 4.78 is 5.68. The van der Waals surface area contributed by atoms with Gasteiger partial charge in [-0.05, 0) is 38.0 Å². The van der Waals surface area contributed by atoms with Crippen LogP contribution in [0, 0.1) is 0 Å². The number of rotatable bonds is 8. The number of thiazole rings is 1. The van der Waals surface area contributed by atoms with Crippen LogP contribution in [0.25, 0.3) is 0 Å². The van der Waals surface area contributed by atoms with Gasteiger partial charge in [0.1, 0.15) is 0 Å². The molecule has 1 unspecified atom stereocenters. The van der Waals surface area contributed by atoms with Gasteiger partial charge in [0.15, 0.2) is 4.34 Å². The van der Waals surface area contributed by atoms with Crippen molar-refractivity contribution in [1.29, 1.82) is 0 Å². The third-order valence-corrected chi connectivity index (χ3v) is 5.56. The lowest BCUT2D eigenvalue weighted by Crippen LogP contribution is -2.22. The number of nitrogens with one attached hydrogen (secondary N) is 1. The Kier molecular flexibility index (Phi) is 7.46. The summed E-state index contributed by atoms with van der Waals surface area (Å²) in [6.07, 6.45) is 1.13. The Morgan fingerprint density at radius 2 is 2.00 bits per heavy atom. The maximum absolute atomic E-state index is 12.3. The Balaban J connectivity index is 1.87. The molecule has 0 saturated heterocycles. The van der Waals surface area contributed by atoms with Gasteiger partial charge in [0.25, 0.3) is 0 Å². The number of aromatic nitrogens is 1. The van der Waals surface area contributed by atoms with Crippen LogP contribution in [0.4, 0.5) is 5.69 Å². The van der Waals surface area contributed by atoms with Crippen molar-refractivity contribution in [3.8, 4) is 0 Å². The molecule has 7 heteroatoms. The molecule has 134 valence electrons. The van der Waals surface area contributed by atoms with Crippen molar-refractivity contribution in [2.24, 2.45) is 0 Å². The number of carbonyl (C=O) groups excluding carboxylic acids is 2. The van der Waals surface area contributed by atoms with Gasteiger partial charge in [-0.3, -0.25) is 9.59 Å². The molecule has 0 aliphatic rings. The smallest absolute Gasteiger partial charge is 0.311 e. The first-order valence-electron chi connectivity index (χ1n) is 8.18. The molecule has 2 aromatic rings. The standard InChI is InChI=1S/C18H22N2O3S2/c1-4-13-6-8-14(9-7-13)19-17(22)12(3)25-18-20-15(11-24-18)10-16(21)23-5-2/h6-9,11-12H,4-5,10H2,1-3H3,(H,19,22). The van der Waals surface area contributed by atoms with Gasteiger partial charge in [-0.25, -0.2) is 4.98 Å². The van der Waals surface area contributed by atoms with Gasteiger partial charge >= 0.3 is 5.97 Å². The van der Waals surface area contributed by atoms with E-state index in [9.17, 15) is 9.59 Å². The zero-order valence-corrected chi connectivity index (χ0v) is 16.2. The Morgan fingerprint density at radius 3 is 2.64 bits per heavy atom. The Hall–Kier alpha value is -1.86. The first-order chi connectivity index (χ1) is 12.0. The number of thioether (sulfide) groups is 1. The predicted molar refractivity (Wildman–Crippen MR) is 102 cm³/mol. The van der Waals surface area contributed by atoms with Crippen LogP contribution in [0.1, 0.15) is 32.0 Å². The number of benzene rings is 1. The predicted octanol–water partition coefficient (Wildman–Crippen LogP) is 3.93. The number of aryl methyl sites for hydroxylation is 1. The Morgan fingerprint density at radius 1 is 1.28 bits per heavy atom. The topological polar surface area (TPSA) is 68.3 Å². The second-order valence-electron chi connectivity index (χ2n) is 5.39. The first kappa shape index (κ1) is 19.5. The molecule has 1 heterocycles. The molecule has 2 rings (SSSR count). The average Bonchev–Trinajstić information content (AvgIpc) is 3.02. The fourth-order valence-electron chi connectivity index (χ4n) is 2.06. The number of hydrogen-bond donors (Lipinski definition) is 1. The lowest BCUT2D eigenvalue weighted by atomic mass is 10.1. The van der Waals surface area contributed by atoms with Crippen LogP contribution in [0.5, 0.6) is 0 Å². The SMILES string of the molecule is CCOC(=O)Cc1csc(SC(C)C(=O)Nc2ccc(CC)cc2)n1. The van der Waals surface area contributed by atoms with Crippen molar-refractivity contribution in [1.82, 2.24) is 4.98 Å². The highest BCUT2D eigenvalue weighted by Gasteiger charge is 2.17. The molecule has 0 spiro atoms. The molecular formula is C18H22N2O3S2. The van der Waals surface area contributed by atoms with Gasteiger partial charge in [0.2, 0.25) is 5.91 Å². The average molecular weight is 379 g/mol. The molecule has 0 fully saturated rings. The Bertz CT molecular complexity index is 713. The molecule has 0 saturated carbocycles. The van der Waals surface area contributed by atoms with Crippen LogP contribution in [0.3, 0.4) is 0 Å². The molecule has 0 bridgehead atoms. The molecule has 25 heavy (non-hydrogen) atoms. The summed E-state index contributed by atoms with van der Waals surface area (Å²) in [6, 6.07) is 7.84. The second kappa shape index (κ2) is 9.58. The van der Waals surface area contributed by atoms with Crippen molar-refractivity contribution in [3.63, 3.8) is 0 Å². The normalized spacial score (nSPS) is 11.8. The highest BCUT2D eigenvalue weighted by molar-refractivity contribution is 8.02. The maximum atomic E-state index is 12.3. The minimum Gasteiger partial charge on any atom is -0.466 e. The van der Waals surface area contributed by atoms with Crippen molar-refractivity contribution >= 4 is 40.7 Å². The molecule has 1 amide bonds. The molecule has 1 aromatic carbocycles. The molecule has 5 nitrogen and oxygen atoms in total. The third-order valence-electron chi connectivity index (χ3n) is 3.44. The summed E-state index contributed by atoms with van der Waals surface area (Å²) in [7, 11) is 0. The van der Waals surface area contributed by atoms with Gasteiger partial charge in [-0.1, -0.05) is 30.8 Å². The number of carbonyl (C=O) groups is 2. The summed E-state index contributed by atoms with van der Waals surface area (Å²) >= 11 is 2.81. The molecule has 1 N–H and O–H groups in total. The minimum absolute atomic E-state index is 0.0728. The van der Waals surface area contributed by atoms with E-state index in [-0.39, 0.29) is 23.5 Å². The van der Waals surface area contributed by atoms with E-state index < -0.39 is 0 Å². The summed E-state index contributed by atoms with van der Waals surface area (Å²) in [6.45, 7) is 6.07. The monoisotopic (exact) mass is 378 g/mol. The van der Waals surface area contributed by atoms with E-state index in [4.69, 9.17) is 4.74 Å². The van der Waals surface area contributed by atoms with Gasteiger partial charge in [0, 0.05) is 11.1 Å². The fourth-order valence-corrected chi connectivity index (χ4v) is 4.04. The van der Waals surface area contributed by atoms with Crippen LogP contribution in [-0.4, -0.2) is 28.7 Å². The highest BCUT2D eigenvalue weighted by Crippen LogP contribution is 2.27. The van der Waals surface area contributed by atoms with E-state index in [0.29, 0.717) is 12.3 Å². The quantitative estimate of drug-likeness (QED) is 0.557. The molecule has 1 aromatic heterocycles.